The summed E-state index contributed by atoms with van der Waals surface area (Å²) in [4.78, 5) is 6.13. The van der Waals surface area contributed by atoms with Crippen LogP contribution in [0.15, 0.2) is 47.5 Å². The van der Waals surface area contributed by atoms with Crippen LogP contribution in [0, 0.1) is 6.92 Å². The van der Waals surface area contributed by atoms with E-state index in [4.69, 9.17) is 4.74 Å². The molecule has 0 saturated carbocycles. The largest absolute Gasteiger partial charge is 0.496 e. The van der Waals surface area contributed by atoms with Crippen LogP contribution in [0.5, 0.6) is 5.75 Å². The minimum atomic E-state index is -4.94. The standard InChI is InChI=1S/C20H23F3N2O2/c1-5-25(3)13-24-17-12-18(27-4)16(11-14(17)2)19(26,20(21,22)23)15-9-7-6-8-10-15/h6-13,26H,5H2,1-4H3/b24-13+/t19-/m1/s1. The fourth-order valence-electron chi connectivity index (χ4n) is 2.66. The first-order valence-corrected chi connectivity index (χ1v) is 8.43. The van der Waals surface area contributed by atoms with Crippen molar-refractivity contribution in [3.8, 4) is 5.75 Å². The number of nitrogens with zero attached hydrogens (tertiary/aromatic N) is 2. The van der Waals surface area contributed by atoms with Crippen LogP contribution in [0.4, 0.5) is 18.9 Å². The Labute approximate surface area is 156 Å². The molecule has 0 saturated heterocycles. The summed E-state index contributed by atoms with van der Waals surface area (Å²) in [5.41, 5.74) is -2.90. The summed E-state index contributed by atoms with van der Waals surface area (Å²) in [5.74, 6) is -0.0874. The normalized spacial score (nSPS) is 14.2. The van der Waals surface area contributed by atoms with Crippen LogP contribution in [0.25, 0.3) is 0 Å². The zero-order valence-electron chi connectivity index (χ0n) is 15.7. The molecule has 146 valence electrons. The van der Waals surface area contributed by atoms with Gasteiger partial charge in [0.15, 0.2) is 0 Å². The van der Waals surface area contributed by atoms with Gasteiger partial charge in [0.05, 0.1) is 19.1 Å². The Bertz CT molecular complexity index is 807. The van der Waals surface area contributed by atoms with Crippen molar-refractivity contribution in [2.45, 2.75) is 25.6 Å². The van der Waals surface area contributed by atoms with Crippen molar-refractivity contribution in [1.29, 1.82) is 0 Å². The van der Waals surface area contributed by atoms with Gasteiger partial charge in [0.1, 0.15) is 5.75 Å². The maximum Gasteiger partial charge on any atom is 0.425 e. The van der Waals surface area contributed by atoms with Crippen molar-refractivity contribution >= 4 is 12.0 Å². The lowest BCUT2D eigenvalue weighted by molar-refractivity contribution is -0.248. The number of methoxy groups -OCH3 is 1. The van der Waals surface area contributed by atoms with Gasteiger partial charge in [0.25, 0.3) is 0 Å². The molecule has 0 spiro atoms. The second-order valence-electron chi connectivity index (χ2n) is 6.23. The highest BCUT2D eigenvalue weighted by molar-refractivity contribution is 5.66. The predicted octanol–water partition coefficient (Wildman–Crippen LogP) is 4.41. The molecule has 1 atom stereocenters. The third kappa shape index (κ3) is 4.08. The van der Waals surface area contributed by atoms with Gasteiger partial charge in [-0.1, -0.05) is 30.3 Å². The Morgan fingerprint density at radius 2 is 1.81 bits per heavy atom. The molecule has 7 heteroatoms. The van der Waals surface area contributed by atoms with E-state index in [1.165, 1.54) is 43.5 Å². The average molecular weight is 380 g/mol. The Hall–Kier alpha value is -2.54. The lowest BCUT2D eigenvalue weighted by atomic mass is 9.84. The SMILES string of the molecule is CCN(C)/C=N/c1cc(OC)c([C@](O)(c2ccccc2)C(F)(F)F)cc1C. The fourth-order valence-corrected chi connectivity index (χ4v) is 2.66. The van der Waals surface area contributed by atoms with Crippen molar-refractivity contribution in [3.05, 3.63) is 59.2 Å². The summed E-state index contributed by atoms with van der Waals surface area (Å²) < 4.78 is 47.1. The van der Waals surface area contributed by atoms with Gasteiger partial charge in [-0.05, 0) is 31.0 Å². The van der Waals surface area contributed by atoms with E-state index < -0.39 is 11.8 Å². The highest BCUT2D eigenvalue weighted by Crippen LogP contribution is 2.48. The molecule has 27 heavy (non-hydrogen) atoms. The number of ether oxygens (including phenoxy) is 1. The average Bonchev–Trinajstić information content (AvgIpc) is 2.65. The first-order chi connectivity index (χ1) is 12.6. The minimum absolute atomic E-state index is 0.0874. The zero-order valence-corrected chi connectivity index (χ0v) is 15.7. The Balaban J connectivity index is 2.68. The summed E-state index contributed by atoms with van der Waals surface area (Å²) >= 11 is 0. The first-order valence-electron chi connectivity index (χ1n) is 8.43. The van der Waals surface area contributed by atoms with E-state index in [2.05, 4.69) is 4.99 Å². The molecule has 2 aromatic rings. The molecular formula is C20H23F3N2O2. The molecule has 0 bridgehead atoms. The summed E-state index contributed by atoms with van der Waals surface area (Å²) in [6.45, 7) is 4.33. The van der Waals surface area contributed by atoms with Gasteiger partial charge in [-0.3, -0.25) is 0 Å². The van der Waals surface area contributed by atoms with Crippen LogP contribution in [0.1, 0.15) is 23.6 Å². The highest BCUT2D eigenvalue weighted by Gasteiger charge is 2.57. The van der Waals surface area contributed by atoms with Crippen molar-refractivity contribution in [2.75, 3.05) is 20.7 Å². The van der Waals surface area contributed by atoms with Crippen LogP contribution in [-0.4, -0.2) is 43.2 Å². The second kappa shape index (κ2) is 8.00. The molecular weight excluding hydrogens is 357 g/mol. The summed E-state index contributed by atoms with van der Waals surface area (Å²) in [6.07, 6.45) is -3.35. The molecule has 0 unspecified atom stereocenters. The van der Waals surface area contributed by atoms with Crippen LogP contribution < -0.4 is 4.74 Å². The zero-order chi connectivity index (χ0) is 20.2. The lowest BCUT2D eigenvalue weighted by Crippen LogP contribution is -2.43. The van der Waals surface area contributed by atoms with E-state index >= 15 is 0 Å². The quantitative estimate of drug-likeness (QED) is 0.596. The Morgan fingerprint density at radius 3 is 2.33 bits per heavy atom. The van der Waals surface area contributed by atoms with E-state index in [1.54, 1.807) is 19.3 Å². The molecule has 0 radical (unpaired) electrons. The predicted molar refractivity (Wildman–Crippen MR) is 99.7 cm³/mol. The summed E-state index contributed by atoms with van der Waals surface area (Å²) in [6, 6.07) is 9.65. The summed E-state index contributed by atoms with van der Waals surface area (Å²) in [7, 11) is 3.10. The number of rotatable bonds is 6. The molecule has 0 fully saturated rings. The fraction of sp³-hybridized carbons (Fsp3) is 0.350. The minimum Gasteiger partial charge on any atom is -0.496 e. The number of hydrogen-bond acceptors (Lipinski definition) is 3. The van der Waals surface area contributed by atoms with Crippen molar-refractivity contribution < 1.29 is 23.0 Å². The Morgan fingerprint density at radius 1 is 1.19 bits per heavy atom. The van der Waals surface area contributed by atoms with E-state index in [-0.39, 0.29) is 16.9 Å². The molecule has 2 aromatic carbocycles. The van der Waals surface area contributed by atoms with Crippen LogP contribution >= 0.6 is 0 Å². The third-order valence-corrected chi connectivity index (χ3v) is 4.40. The molecule has 4 nitrogen and oxygen atoms in total. The monoisotopic (exact) mass is 380 g/mol. The molecule has 0 aliphatic carbocycles. The van der Waals surface area contributed by atoms with Crippen molar-refractivity contribution in [1.82, 2.24) is 4.90 Å². The maximum atomic E-state index is 14.0. The number of aliphatic hydroxyl groups is 1. The van der Waals surface area contributed by atoms with Crippen molar-refractivity contribution in [2.24, 2.45) is 4.99 Å². The second-order valence-corrected chi connectivity index (χ2v) is 6.23. The van der Waals surface area contributed by atoms with Gasteiger partial charge in [0, 0.05) is 25.2 Å². The third-order valence-electron chi connectivity index (χ3n) is 4.40. The van der Waals surface area contributed by atoms with Gasteiger partial charge < -0.3 is 14.7 Å². The number of benzene rings is 2. The molecule has 0 amide bonds. The number of halogens is 3. The Kier molecular flexibility index (Phi) is 6.15. The molecule has 1 N–H and O–H groups in total. The number of hydrogen-bond donors (Lipinski definition) is 1. The van der Waals surface area contributed by atoms with Crippen LogP contribution in [0.3, 0.4) is 0 Å². The topological polar surface area (TPSA) is 45.1 Å². The van der Waals surface area contributed by atoms with Gasteiger partial charge in [-0.2, -0.15) is 13.2 Å². The van der Waals surface area contributed by atoms with Gasteiger partial charge >= 0.3 is 6.18 Å². The van der Waals surface area contributed by atoms with E-state index in [0.29, 0.717) is 11.3 Å². The number of aliphatic imine (C=N–C) groups is 1. The molecule has 2 rings (SSSR count). The molecule has 0 aromatic heterocycles. The molecule has 0 aliphatic heterocycles. The van der Waals surface area contributed by atoms with Gasteiger partial charge in [-0.15, -0.1) is 0 Å². The van der Waals surface area contributed by atoms with Gasteiger partial charge in [0.2, 0.25) is 5.60 Å². The van der Waals surface area contributed by atoms with E-state index in [0.717, 1.165) is 6.54 Å². The number of alkyl halides is 3. The van der Waals surface area contributed by atoms with Crippen molar-refractivity contribution in [3.63, 3.8) is 0 Å². The highest BCUT2D eigenvalue weighted by atomic mass is 19.4. The summed E-state index contributed by atoms with van der Waals surface area (Å²) in [5, 5.41) is 10.8. The van der Waals surface area contributed by atoms with Crippen LogP contribution in [0.2, 0.25) is 0 Å². The van der Waals surface area contributed by atoms with Crippen LogP contribution in [-0.2, 0) is 5.60 Å². The lowest BCUT2D eigenvalue weighted by Gasteiger charge is -2.33. The van der Waals surface area contributed by atoms with E-state index in [9.17, 15) is 18.3 Å². The smallest absolute Gasteiger partial charge is 0.425 e. The van der Waals surface area contributed by atoms with E-state index in [1.807, 2.05) is 18.9 Å². The number of aryl methyl sites for hydroxylation is 1. The first kappa shape index (κ1) is 20.8. The van der Waals surface area contributed by atoms with Gasteiger partial charge in [-0.25, -0.2) is 4.99 Å². The maximum absolute atomic E-state index is 14.0. The molecule has 0 aliphatic rings. The molecule has 0 heterocycles.